The molecule has 0 amide bonds. The van der Waals surface area contributed by atoms with Gasteiger partial charge in [-0.2, -0.15) is 0 Å². The molecule has 0 unspecified atom stereocenters. The highest BCUT2D eigenvalue weighted by molar-refractivity contribution is 7.92. The predicted molar refractivity (Wildman–Crippen MR) is 78.0 cm³/mol. The van der Waals surface area contributed by atoms with Crippen LogP contribution in [0.15, 0.2) is 48.8 Å². The molecule has 3 N–H and O–H groups in total. The van der Waals surface area contributed by atoms with Crippen LogP contribution in [0.3, 0.4) is 0 Å². The molecular weight excluding hydrogens is 278 g/mol. The number of rotatable bonds is 6. The van der Waals surface area contributed by atoms with Crippen molar-refractivity contribution >= 4 is 21.4 Å². The highest BCUT2D eigenvalue weighted by Gasteiger charge is 2.10. The van der Waals surface area contributed by atoms with Gasteiger partial charge in [-0.25, -0.2) is 8.42 Å². The zero-order chi connectivity index (χ0) is 14.4. The second-order valence-electron chi connectivity index (χ2n) is 4.07. The van der Waals surface area contributed by atoms with Gasteiger partial charge in [0, 0.05) is 18.1 Å². The van der Waals surface area contributed by atoms with E-state index >= 15 is 0 Å². The Morgan fingerprint density at radius 2 is 1.75 bits per heavy atom. The first kappa shape index (κ1) is 14.1. The molecule has 20 heavy (non-hydrogen) atoms. The van der Waals surface area contributed by atoms with E-state index in [2.05, 4.69) is 9.71 Å². The molecule has 0 saturated carbocycles. The topological polar surface area (TPSA) is 94.3 Å². The summed E-state index contributed by atoms with van der Waals surface area (Å²) in [7, 11) is -3.44. The maximum Gasteiger partial charge on any atom is 0.236 e. The number of ether oxygens (including phenoxy) is 1. The van der Waals surface area contributed by atoms with Crippen LogP contribution in [-0.4, -0.2) is 25.8 Å². The lowest BCUT2D eigenvalue weighted by molar-refractivity contribution is 0.341. The van der Waals surface area contributed by atoms with E-state index in [0.29, 0.717) is 17.1 Å². The molecule has 0 saturated heterocycles. The molecule has 0 spiro atoms. The molecule has 0 aliphatic rings. The number of anilines is 2. The fourth-order valence-electron chi connectivity index (χ4n) is 1.48. The first-order valence-electron chi connectivity index (χ1n) is 5.94. The number of hydrogen-bond donors (Lipinski definition) is 2. The van der Waals surface area contributed by atoms with Crippen molar-refractivity contribution in [3.8, 4) is 5.75 Å². The second kappa shape index (κ2) is 6.25. The molecule has 106 valence electrons. The summed E-state index contributed by atoms with van der Waals surface area (Å²) >= 11 is 0. The van der Waals surface area contributed by atoms with Gasteiger partial charge in [0.1, 0.15) is 18.1 Å². The fourth-order valence-corrected chi connectivity index (χ4v) is 2.38. The number of nitrogens with one attached hydrogen (secondary N) is 1. The lowest BCUT2D eigenvalue weighted by Gasteiger charge is -2.09. The Morgan fingerprint density at radius 3 is 2.40 bits per heavy atom. The minimum Gasteiger partial charge on any atom is -0.492 e. The van der Waals surface area contributed by atoms with Gasteiger partial charge in [0.2, 0.25) is 10.0 Å². The highest BCUT2D eigenvalue weighted by Crippen LogP contribution is 2.13. The number of nitrogen functional groups attached to an aromatic ring is 1. The van der Waals surface area contributed by atoms with Gasteiger partial charge in [-0.15, -0.1) is 0 Å². The standard InChI is InChI=1S/C13H15N3O3S/c14-11-1-3-13(4-2-11)19-9-10-20(17,18)16-12-5-7-15-8-6-12/h1-8H,9-10,14H2,(H,15,16). The van der Waals surface area contributed by atoms with Crippen molar-refractivity contribution < 1.29 is 13.2 Å². The molecule has 1 heterocycles. The zero-order valence-electron chi connectivity index (χ0n) is 10.7. The van der Waals surface area contributed by atoms with Gasteiger partial charge < -0.3 is 10.5 Å². The van der Waals surface area contributed by atoms with Crippen molar-refractivity contribution in [3.63, 3.8) is 0 Å². The van der Waals surface area contributed by atoms with Gasteiger partial charge in [0.25, 0.3) is 0 Å². The van der Waals surface area contributed by atoms with Crippen LogP contribution in [0.1, 0.15) is 0 Å². The largest absolute Gasteiger partial charge is 0.492 e. The van der Waals surface area contributed by atoms with E-state index in [0.717, 1.165) is 0 Å². The van der Waals surface area contributed by atoms with Crippen molar-refractivity contribution in [1.82, 2.24) is 4.98 Å². The van der Waals surface area contributed by atoms with Crippen LogP contribution in [-0.2, 0) is 10.0 Å². The van der Waals surface area contributed by atoms with Crippen LogP contribution in [0.4, 0.5) is 11.4 Å². The quantitative estimate of drug-likeness (QED) is 0.787. The number of sulfonamides is 1. The van der Waals surface area contributed by atoms with Crippen molar-refractivity contribution in [2.45, 2.75) is 0 Å². The van der Waals surface area contributed by atoms with E-state index in [1.165, 1.54) is 12.4 Å². The van der Waals surface area contributed by atoms with E-state index in [4.69, 9.17) is 10.5 Å². The third-order valence-corrected chi connectivity index (χ3v) is 3.71. The summed E-state index contributed by atoms with van der Waals surface area (Å²) in [4.78, 5) is 3.81. The van der Waals surface area contributed by atoms with E-state index in [1.54, 1.807) is 36.4 Å². The Morgan fingerprint density at radius 1 is 1.10 bits per heavy atom. The van der Waals surface area contributed by atoms with Crippen LogP contribution in [0.25, 0.3) is 0 Å². The molecule has 2 rings (SSSR count). The average Bonchev–Trinajstić information content (AvgIpc) is 2.41. The first-order chi connectivity index (χ1) is 9.55. The molecule has 0 aliphatic heterocycles. The van der Waals surface area contributed by atoms with Crippen LogP contribution >= 0.6 is 0 Å². The van der Waals surface area contributed by atoms with Crippen LogP contribution < -0.4 is 15.2 Å². The summed E-state index contributed by atoms with van der Waals surface area (Å²) in [5, 5.41) is 0. The smallest absolute Gasteiger partial charge is 0.236 e. The fraction of sp³-hybridized carbons (Fsp3) is 0.154. The molecule has 0 radical (unpaired) electrons. The molecular formula is C13H15N3O3S. The van der Waals surface area contributed by atoms with E-state index < -0.39 is 10.0 Å². The minimum absolute atomic E-state index is 0.0599. The predicted octanol–water partition coefficient (Wildman–Crippen LogP) is 1.48. The van der Waals surface area contributed by atoms with Crippen LogP contribution in [0, 0.1) is 0 Å². The molecule has 7 heteroatoms. The van der Waals surface area contributed by atoms with E-state index in [-0.39, 0.29) is 12.4 Å². The van der Waals surface area contributed by atoms with Gasteiger partial charge in [0.05, 0.1) is 5.69 Å². The van der Waals surface area contributed by atoms with Crippen molar-refractivity contribution in [1.29, 1.82) is 0 Å². The van der Waals surface area contributed by atoms with E-state index in [1.807, 2.05) is 0 Å². The highest BCUT2D eigenvalue weighted by atomic mass is 32.2. The first-order valence-corrected chi connectivity index (χ1v) is 7.59. The number of nitrogens with two attached hydrogens (primary N) is 1. The molecule has 6 nitrogen and oxygen atoms in total. The van der Waals surface area contributed by atoms with Crippen molar-refractivity contribution in [2.24, 2.45) is 0 Å². The van der Waals surface area contributed by atoms with Gasteiger partial charge in [0.15, 0.2) is 0 Å². The summed E-state index contributed by atoms with van der Waals surface area (Å²) in [6, 6.07) is 9.94. The van der Waals surface area contributed by atoms with Gasteiger partial charge in [-0.1, -0.05) is 0 Å². The second-order valence-corrected chi connectivity index (χ2v) is 5.92. The maximum absolute atomic E-state index is 11.8. The maximum atomic E-state index is 11.8. The van der Waals surface area contributed by atoms with Crippen LogP contribution in [0.5, 0.6) is 5.75 Å². The Labute approximate surface area is 117 Å². The molecule has 1 aromatic heterocycles. The molecule has 0 aliphatic carbocycles. The Hall–Kier alpha value is -2.28. The number of nitrogens with zero attached hydrogens (tertiary/aromatic N) is 1. The number of aromatic nitrogens is 1. The summed E-state index contributed by atoms with van der Waals surface area (Å²) in [5.74, 6) is 0.443. The summed E-state index contributed by atoms with van der Waals surface area (Å²) in [6.45, 7) is 0.0599. The van der Waals surface area contributed by atoms with Gasteiger partial charge >= 0.3 is 0 Å². The van der Waals surface area contributed by atoms with Crippen molar-refractivity contribution in [2.75, 3.05) is 22.8 Å². The van der Waals surface area contributed by atoms with Crippen molar-refractivity contribution in [3.05, 3.63) is 48.8 Å². The lowest BCUT2D eigenvalue weighted by Crippen LogP contribution is -2.21. The van der Waals surface area contributed by atoms with E-state index in [9.17, 15) is 8.42 Å². The number of hydrogen-bond acceptors (Lipinski definition) is 5. The lowest BCUT2D eigenvalue weighted by atomic mass is 10.3. The number of benzene rings is 1. The minimum atomic E-state index is -3.44. The molecule has 0 atom stereocenters. The summed E-state index contributed by atoms with van der Waals surface area (Å²) in [6.07, 6.45) is 3.03. The molecule has 0 fully saturated rings. The number of pyridine rings is 1. The normalized spacial score (nSPS) is 11.0. The third-order valence-electron chi connectivity index (χ3n) is 2.45. The third kappa shape index (κ3) is 4.43. The Bertz CT molecular complexity index is 642. The Balaban J connectivity index is 1.85. The molecule has 2 aromatic rings. The average molecular weight is 293 g/mol. The molecule has 1 aromatic carbocycles. The van der Waals surface area contributed by atoms with Gasteiger partial charge in [-0.05, 0) is 36.4 Å². The monoisotopic (exact) mass is 293 g/mol. The van der Waals surface area contributed by atoms with Gasteiger partial charge in [-0.3, -0.25) is 9.71 Å². The SMILES string of the molecule is Nc1ccc(OCCS(=O)(=O)Nc2ccncc2)cc1. The Kier molecular flexibility index (Phi) is 4.41. The summed E-state index contributed by atoms with van der Waals surface area (Å²) in [5.41, 5.74) is 6.65. The van der Waals surface area contributed by atoms with Crippen LogP contribution in [0.2, 0.25) is 0 Å². The zero-order valence-corrected chi connectivity index (χ0v) is 11.5. The molecule has 0 bridgehead atoms. The summed E-state index contributed by atoms with van der Waals surface area (Å²) < 4.78 is 31.4.